The number of hydrogen-bond donors (Lipinski definition) is 0. The molecule has 0 amide bonds. The summed E-state index contributed by atoms with van der Waals surface area (Å²) in [5.74, 6) is 0. The van der Waals surface area contributed by atoms with Crippen molar-refractivity contribution < 1.29 is 13.2 Å². The maximum Gasteiger partial charge on any atom is 0.243 e. The molecule has 0 bridgehead atoms. The van der Waals surface area contributed by atoms with Gasteiger partial charge in [0.05, 0.1) is 17.6 Å². The number of aryl methyl sites for hydroxylation is 2. The second-order valence-corrected chi connectivity index (χ2v) is 7.61. The van der Waals surface area contributed by atoms with E-state index in [0.29, 0.717) is 18.0 Å². The molecule has 0 N–H and O–H groups in total. The topological polar surface area (TPSA) is 46.6 Å². The molecule has 5 heteroatoms. The van der Waals surface area contributed by atoms with Crippen LogP contribution in [0.15, 0.2) is 23.1 Å². The number of nitrogens with zero attached hydrogens (tertiary/aromatic N) is 1. The van der Waals surface area contributed by atoms with Gasteiger partial charge in [0.15, 0.2) is 0 Å². The van der Waals surface area contributed by atoms with E-state index in [1.165, 1.54) is 11.1 Å². The number of fused-ring (bicyclic) bond motifs is 1. The van der Waals surface area contributed by atoms with E-state index < -0.39 is 10.0 Å². The van der Waals surface area contributed by atoms with Gasteiger partial charge in [0, 0.05) is 12.6 Å². The summed E-state index contributed by atoms with van der Waals surface area (Å²) >= 11 is 0. The van der Waals surface area contributed by atoms with Gasteiger partial charge in [0.2, 0.25) is 10.0 Å². The lowest BCUT2D eigenvalue weighted by molar-refractivity contribution is -0.0232. The van der Waals surface area contributed by atoms with Gasteiger partial charge < -0.3 is 4.74 Å². The Morgan fingerprint density at radius 3 is 2.75 bits per heavy atom. The molecule has 1 aromatic rings. The van der Waals surface area contributed by atoms with Crippen molar-refractivity contribution in [1.82, 2.24) is 4.31 Å². The van der Waals surface area contributed by atoms with Gasteiger partial charge >= 0.3 is 0 Å². The molecule has 20 heavy (non-hydrogen) atoms. The van der Waals surface area contributed by atoms with E-state index in [1.54, 1.807) is 10.4 Å². The number of rotatable bonds is 2. The number of morpholine rings is 1. The minimum absolute atomic E-state index is 0.0621. The zero-order chi connectivity index (χ0) is 14.3. The number of ether oxygens (including phenoxy) is 1. The quantitative estimate of drug-likeness (QED) is 0.838. The third-order valence-electron chi connectivity index (χ3n) is 4.50. The molecular weight excluding hydrogens is 274 g/mol. The maximum absolute atomic E-state index is 12.8. The van der Waals surface area contributed by atoms with Crippen molar-refractivity contribution in [3.8, 4) is 0 Å². The fraction of sp³-hybridized carbons (Fsp3) is 0.600. The van der Waals surface area contributed by atoms with Crippen LogP contribution in [-0.4, -0.2) is 38.0 Å². The molecule has 1 aliphatic carbocycles. The standard InChI is InChI=1S/C15H21NO3S/c1-11-12(2)19-9-8-16(11)20(17,18)15-7-6-13-4-3-5-14(13)10-15/h6-7,10-12H,3-5,8-9H2,1-2H3. The largest absolute Gasteiger partial charge is 0.375 e. The van der Waals surface area contributed by atoms with Crippen LogP contribution >= 0.6 is 0 Å². The lowest BCUT2D eigenvalue weighted by Gasteiger charge is -2.36. The molecule has 2 atom stereocenters. The van der Waals surface area contributed by atoms with Crippen molar-refractivity contribution in [2.45, 2.75) is 50.2 Å². The Morgan fingerprint density at radius 1 is 1.20 bits per heavy atom. The summed E-state index contributed by atoms with van der Waals surface area (Å²) in [6.45, 7) is 4.74. The molecule has 1 heterocycles. The molecule has 1 aliphatic heterocycles. The molecule has 0 saturated carbocycles. The highest BCUT2D eigenvalue weighted by Crippen LogP contribution is 2.28. The first kappa shape index (κ1) is 14.0. The second kappa shape index (κ2) is 5.13. The molecular formula is C15H21NO3S. The maximum atomic E-state index is 12.8. The number of hydrogen-bond acceptors (Lipinski definition) is 3. The lowest BCUT2D eigenvalue weighted by Crippen LogP contribution is -2.51. The van der Waals surface area contributed by atoms with Gasteiger partial charge in [-0.15, -0.1) is 0 Å². The third-order valence-corrected chi connectivity index (χ3v) is 6.48. The van der Waals surface area contributed by atoms with Gasteiger partial charge in [0.25, 0.3) is 0 Å². The molecule has 4 nitrogen and oxygen atoms in total. The van der Waals surface area contributed by atoms with Crippen LogP contribution in [0.25, 0.3) is 0 Å². The Labute approximate surface area is 120 Å². The van der Waals surface area contributed by atoms with Crippen molar-refractivity contribution in [3.63, 3.8) is 0 Å². The summed E-state index contributed by atoms with van der Waals surface area (Å²) < 4.78 is 32.7. The van der Waals surface area contributed by atoms with E-state index in [1.807, 2.05) is 26.0 Å². The Hall–Kier alpha value is -0.910. The third kappa shape index (κ3) is 2.28. The summed E-state index contributed by atoms with van der Waals surface area (Å²) in [6, 6.07) is 5.47. The highest BCUT2D eigenvalue weighted by Gasteiger charge is 2.35. The van der Waals surface area contributed by atoms with Crippen LogP contribution in [0, 0.1) is 0 Å². The van der Waals surface area contributed by atoms with E-state index in [9.17, 15) is 8.42 Å². The Kier molecular flexibility index (Phi) is 3.60. The first-order chi connectivity index (χ1) is 9.50. The highest BCUT2D eigenvalue weighted by atomic mass is 32.2. The first-order valence-electron chi connectivity index (χ1n) is 7.25. The van der Waals surface area contributed by atoms with Gasteiger partial charge in [-0.25, -0.2) is 8.42 Å². The summed E-state index contributed by atoms with van der Waals surface area (Å²) in [6.07, 6.45) is 3.13. The summed E-state index contributed by atoms with van der Waals surface area (Å²) in [4.78, 5) is 0.430. The van der Waals surface area contributed by atoms with E-state index >= 15 is 0 Å². The Morgan fingerprint density at radius 2 is 1.95 bits per heavy atom. The summed E-state index contributed by atoms with van der Waals surface area (Å²) in [5, 5.41) is 0. The predicted octanol–water partition coefficient (Wildman–Crippen LogP) is 1.97. The molecule has 3 rings (SSSR count). The molecule has 1 saturated heterocycles. The van der Waals surface area contributed by atoms with Gasteiger partial charge in [0.1, 0.15) is 0 Å². The monoisotopic (exact) mass is 295 g/mol. The fourth-order valence-corrected chi connectivity index (χ4v) is 4.81. The summed E-state index contributed by atoms with van der Waals surface area (Å²) in [5.41, 5.74) is 2.49. The predicted molar refractivity (Wildman–Crippen MR) is 77.2 cm³/mol. The molecule has 0 spiro atoms. The van der Waals surface area contributed by atoms with Gasteiger partial charge in [-0.1, -0.05) is 6.07 Å². The van der Waals surface area contributed by atoms with Gasteiger partial charge in [-0.05, 0) is 56.4 Å². The molecule has 2 aliphatic rings. The molecule has 110 valence electrons. The molecule has 2 unspecified atom stereocenters. The van der Waals surface area contributed by atoms with Gasteiger partial charge in [-0.3, -0.25) is 0 Å². The number of sulfonamides is 1. The Bertz CT molecular complexity index is 612. The van der Waals surface area contributed by atoms with E-state index in [0.717, 1.165) is 19.3 Å². The van der Waals surface area contributed by atoms with Crippen LogP contribution in [0.2, 0.25) is 0 Å². The normalized spacial score (nSPS) is 27.5. The number of benzene rings is 1. The van der Waals surface area contributed by atoms with Crippen LogP contribution in [0.3, 0.4) is 0 Å². The highest BCUT2D eigenvalue weighted by molar-refractivity contribution is 7.89. The minimum atomic E-state index is -3.41. The van der Waals surface area contributed by atoms with Crippen molar-refractivity contribution in [2.24, 2.45) is 0 Å². The Balaban J connectivity index is 1.95. The second-order valence-electron chi connectivity index (χ2n) is 5.72. The van der Waals surface area contributed by atoms with E-state index in [-0.39, 0.29) is 12.1 Å². The van der Waals surface area contributed by atoms with Crippen molar-refractivity contribution >= 4 is 10.0 Å². The lowest BCUT2D eigenvalue weighted by atomic mass is 10.1. The van der Waals surface area contributed by atoms with Crippen LogP contribution in [0.5, 0.6) is 0 Å². The summed E-state index contributed by atoms with van der Waals surface area (Å²) in [7, 11) is -3.41. The average molecular weight is 295 g/mol. The molecule has 1 aromatic carbocycles. The average Bonchev–Trinajstić information content (AvgIpc) is 2.89. The fourth-order valence-electron chi connectivity index (χ4n) is 3.09. The molecule has 0 radical (unpaired) electrons. The van der Waals surface area contributed by atoms with Crippen LogP contribution in [0.4, 0.5) is 0 Å². The van der Waals surface area contributed by atoms with Crippen LogP contribution in [0.1, 0.15) is 31.4 Å². The van der Waals surface area contributed by atoms with Crippen LogP contribution < -0.4 is 0 Å². The molecule has 1 fully saturated rings. The molecule has 0 aromatic heterocycles. The first-order valence-corrected chi connectivity index (χ1v) is 8.69. The van der Waals surface area contributed by atoms with E-state index in [4.69, 9.17) is 4.74 Å². The van der Waals surface area contributed by atoms with Gasteiger partial charge in [-0.2, -0.15) is 4.31 Å². The van der Waals surface area contributed by atoms with Crippen molar-refractivity contribution in [2.75, 3.05) is 13.2 Å². The van der Waals surface area contributed by atoms with Crippen molar-refractivity contribution in [1.29, 1.82) is 0 Å². The van der Waals surface area contributed by atoms with E-state index in [2.05, 4.69) is 0 Å². The van der Waals surface area contributed by atoms with Crippen LogP contribution in [-0.2, 0) is 27.6 Å². The smallest absolute Gasteiger partial charge is 0.243 e. The van der Waals surface area contributed by atoms with Crippen molar-refractivity contribution in [3.05, 3.63) is 29.3 Å². The zero-order valence-electron chi connectivity index (χ0n) is 12.0. The zero-order valence-corrected chi connectivity index (χ0v) is 12.8. The SMILES string of the molecule is CC1OCCN(S(=O)(=O)c2ccc3c(c2)CCC3)C1C. The minimum Gasteiger partial charge on any atom is -0.375 e.